The van der Waals surface area contributed by atoms with Crippen LogP contribution in [0.4, 0.5) is 4.79 Å². The van der Waals surface area contributed by atoms with Gasteiger partial charge in [-0.25, -0.2) is 4.79 Å². The average Bonchev–Trinajstić information content (AvgIpc) is 3.56. The highest BCUT2D eigenvalue weighted by Gasteiger charge is 2.33. The third kappa shape index (κ3) is 5.04. The van der Waals surface area contributed by atoms with Crippen LogP contribution < -0.4 is 4.74 Å². The second-order valence-electron chi connectivity index (χ2n) is 11.0. The van der Waals surface area contributed by atoms with E-state index in [9.17, 15) is 4.79 Å². The third-order valence-corrected chi connectivity index (χ3v) is 7.08. The molecular weight excluding hydrogens is 488 g/mol. The molecule has 4 heterocycles. The van der Waals surface area contributed by atoms with Gasteiger partial charge < -0.3 is 19.4 Å². The maximum Gasteiger partial charge on any atom is 0.410 e. The summed E-state index contributed by atoms with van der Waals surface area (Å²) in [5.41, 5.74) is 5.22. The Kier molecular flexibility index (Phi) is 6.43. The first-order chi connectivity index (χ1) is 18.9. The van der Waals surface area contributed by atoms with Gasteiger partial charge in [0.25, 0.3) is 0 Å². The molecule has 1 fully saturated rings. The van der Waals surface area contributed by atoms with Gasteiger partial charge in [0.05, 0.1) is 29.0 Å². The van der Waals surface area contributed by atoms with E-state index in [0.717, 1.165) is 46.3 Å². The van der Waals surface area contributed by atoms with Crippen molar-refractivity contribution >= 4 is 27.9 Å². The lowest BCUT2D eigenvalue weighted by Crippen LogP contribution is -2.42. The van der Waals surface area contributed by atoms with Crippen LogP contribution in [0.5, 0.6) is 5.75 Å². The Bertz CT molecular complexity index is 1650. The van der Waals surface area contributed by atoms with Gasteiger partial charge in [-0.05, 0) is 74.2 Å². The predicted molar refractivity (Wildman–Crippen MR) is 154 cm³/mol. The summed E-state index contributed by atoms with van der Waals surface area (Å²) < 4.78 is 12.0. The molecule has 7 nitrogen and oxygen atoms in total. The van der Waals surface area contributed by atoms with Crippen LogP contribution in [0.3, 0.4) is 0 Å². The number of aromatic nitrogens is 3. The van der Waals surface area contributed by atoms with Gasteiger partial charge in [-0.1, -0.05) is 36.4 Å². The maximum atomic E-state index is 12.8. The Morgan fingerprint density at radius 2 is 1.90 bits per heavy atom. The molecule has 0 unspecified atom stereocenters. The molecule has 3 aromatic heterocycles. The summed E-state index contributed by atoms with van der Waals surface area (Å²) in [6.45, 7) is 6.69. The van der Waals surface area contributed by atoms with Crippen molar-refractivity contribution in [1.82, 2.24) is 19.9 Å². The molecule has 6 rings (SSSR count). The number of carbonyl (C=O) groups is 1. The van der Waals surface area contributed by atoms with Crippen molar-refractivity contribution in [2.45, 2.75) is 45.3 Å². The van der Waals surface area contributed by atoms with E-state index in [4.69, 9.17) is 14.5 Å². The van der Waals surface area contributed by atoms with Crippen molar-refractivity contribution in [3.05, 3.63) is 79.3 Å². The zero-order valence-electron chi connectivity index (χ0n) is 22.5. The number of ether oxygens (including phenoxy) is 2. The number of rotatable bonds is 5. The van der Waals surface area contributed by atoms with Gasteiger partial charge in [-0.15, -0.1) is 0 Å². The number of fused-ring (bicyclic) bond motifs is 2. The van der Waals surface area contributed by atoms with E-state index in [2.05, 4.69) is 52.4 Å². The lowest BCUT2D eigenvalue weighted by atomic mass is 9.98. The number of benzene rings is 2. The van der Waals surface area contributed by atoms with Gasteiger partial charge in [0, 0.05) is 30.1 Å². The number of carbonyl (C=O) groups excluding carboxylic acids is 1. The molecule has 1 atom stereocenters. The first-order valence-corrected chi connectivity index (χ1v) is 13.4. The minimum Gasteiger partial charge on any atom is -0.489 e. The van der Waals surface area contributed by atoms with Crippen LogP contribution in [0.2, 0.25) is 0 Å². The Labute approximate surface area is 227 Å². The molecule has 39 heavy (non-hydrogen) atoms. The maximum absolute atomic E-state index is 12.8. The standard InChI is InChI=1S/C32H32N4O3/c1-32(2,3)39-31(37)36-17-7-10-24(36)20-38-27-19-33-16-14-25(27)29-28(30-26(35-29)11-6-15-34-30)23-13-12-21-8-4-5-9-22(21)18-23/h4-6,8-9,11-16,18-19,24,35H,7,10,17,20H2,1-3H3/t24-/m0/s1. The molecule has 0 saturated carbocycles. The highest BCUT2D eigenvalue weighted by molar-refractivity contribution is 6.04. The van der Waals surface area contributed by atoms with E-state index in [1.165, 1.54) is 10.8 Å². The molecule has 198 valence electrons. The number of amides is 1. The number of pyridine rings is 2. The Balaban J connectivity index is 1.36. The predicted octanol–water partition coefficient (Wildman–Crippen LogP) is 7.22. The van der Waals surface area contributed by atoms with Crippen LogP contribution in [-0.4, -0.2) is 50.7 Å². The number of likely N-dealkylation sites (tertiary alicyclic amines) is 1. The summed E-state index contributed by atoms with van der Waals surface area (Å²) in [7, 11) is 0. The molecule has 1 saturated heterocycles. The molecule has 1 aliphatic rings. The van der Waals surface area contributed by atoms with Crippen LogP contribution in [0.1, 0.15) is 33.6 Å². The molecule has 1 amide bonds. The smallest absolute Gasteiger partial charge is 0.410 e. The Morgan fingerprint density at radius 3 is 2.74 bits per heavy atom. The number of hydrogen-bond donors (Lipinski definition) is 1. The third-order valence-electron chi connectivity index (χ3n) is 7.08. The van der Waals surface area contributed by atoms with Gasteiger partial charge in [-0.3, -0.25) is 9.97 Å². The van der Waals surface area contributed by atoms with Crippen LogP contribution in [-0.2, 0) is 4.74 Å². The monoisotopic (exact) mass is 520 g/mol. The van der Waals surface area contributed by atoms with Gasteiger partial charge >= 0.3 is 6.09 Å². The molecule has 2 aromatic carbocycles. The topological polar surface area (TPSA) is 80.3 Å². The second kappa shape index (κ2) is 10.1. The number of nitrogens with one attached hydrogen (secondary N) is 1. The van der Waals surface area contributed by atoms with E-state index in [-0.39, 0.29) is 12.1 Å². The SMILES string of the molecule is CC(C)(C)OC(=O)N1CCC[C@H]1COc1cnccc1-c1[nH]c2cccnc2c1-c1ccc2ccccc2c1. The summed E-state index contributed by atoms with van der Waals surface area (Å²) >= 11 is 0. The summed E-state index contributed by atoms with van der Waals surface area (Å²) in [5.74, 6) is 0.655. The van der Waals surface area contributed by atoms with Crippen molar-refractivity contribution in [3.8, 4) is 28.1 Å². The molecule has 7 heteroatoms. The van der Waals surface area contributed by atoms with Crippen LogP contribution in [0.25, 0.3) is 44.2 Å². The lowest BCUT2D eigenvalue weighted by molar-refractivity contribution is 0.0187. The molecule has 0 bridgehead atoms. The molecule has 0 radical (unpaired) electrons. The van der Waals surface area contributed by atoms with E-state index in [1.807, 2.05) is 45.2 Å². The molecule has 1 aliphatic heterocycles. The number of hydrogen-bond acceptors (Lipinski definition) is 5. The lowest BCUT2D eigenvalue weighted by Gasteiger charge is -2.28. The van der Waals surface area contributed by atoms with E-state index in [1.54, 1.807) is 17.3 Å². The summed E-state index contributed by atoms with van der Waals surface area (Å²) in [6.07, 6.45) is 6.83. The van der Waals surface area contributed by atoms with E-state index >= 15 is 0 Å². The summed E-state index contributed by atoms with van der Waals surface area (Å²) in [4.78, 5) is 27.3. The van der Waals surface area contributed by atoms with Crippen molar-refractivity contribution in [1.29, 1.82) is 0 Å². The normalized spacial score (nSPS) is 15.7. The fourth-order valence-corrected chi connectivity index (χ4v) is 5.31. The Hall–Kier alpha value is -4.39. The first-order valence-electron chi connectivity index (χ1n) is 13.4. The molecule has 5 aromatic rings. The molecule has 0 spiro atoms. The minimum atomic E-state index is -0.537. The molecule has 0 aliphatic carbocycles. The van der Waals surface area contributed by atoms with E-state index in [0.29, 0.717) is 18.9 Å². The largest absolute Gasteiger partial charge is 0.489 e. The fraction of sp³-hybridized carbons (Fsp3) is 0.281. The quantitative estimate of drug-likeness (QED) is 0.265. The zero-order chi connectivity index (χ0) is 27.0. The fourth-order valence-electron chi connectivity index (χ4n) is 5.31. The van der Waals surface area contributed by atoms with Gasteiger partial charge in [0.15, 0.2) is 0 Å². The molecule has 1 N–H and O–H groups in total. The van der Waals surface area contributed by atoms with Gasteiger partial charge in [0.2, 0.25) is 0 Å². The number of aromatic amines is 1. The van der Waals surface area contributed by atoms with Crippen molar-refractivity contribution < 1.29 is 14.3 Å². The Morgan fingerprint density at radius 1 is 1.05 bits per heavy atom. The summed E-state index contributed by atoms with van der Waals surface area (Å²) in [5, 5.41) is 2.36. The van der Waals surface area contributed by atoms with Crippen molar-refractivity contribution in [3.63, 3.8) is 0 Å². The highest BCUT2D eigenvalue weighted by Crippen LogP contribution is 2.41. The molecular formula is C32H32N4O3. The number of H-pyrrole nitrogens is 1. The summed E-state index contributed by atoms with van der Waals surface area (Å²) in [6, 6.07) is 20.7. The van der Waals surface area contributed by atoms with Crippen molar-refractivity contribution in [2.24, 2.45) is 0 Å². The van der Waals surface area contributed by atoms with Crippen LogP contribution in [0, 0.1) is 0 Å². The number of nitrogens with zero attached hydrogens (tertiary/aromatic N) is 3. The second-order valence-corrected chi connectivity index (χ2v) is 11.0. The van der Waals surface area contributed by atoms with Crippen molar-refractivity contribution in [2.75, 3.05) is 13.2 Å². The van der Waals surface area contributed by atoms with E-state index < -0.39 is 5.60 Å². The first kappa shape index (κ1) is 24.9. The average molecular weight is 521 g/mol. The van der Waals surface area contributed by atoms with Crippen LogP contribution in [0.15, 0.2) is 79.3 Å². The van der Waals surface area contributed by atoms with Gasteiger partial charge in [-0.2, -0.15) is 0 Å². The van der Waals surface area contributed by atoms with Gasteiger partial charge in [0.1, 0.15) is 18.0 Å². The minimum absolute atomic E-state index is 0.0581. The highest BCUT2D eigenvalue weighted by atomic mass is 16.6. The van der Waals surface area contributed by atoms with Crippen LogP contribution >= 0.6 is 0 Å². The zero-order valence-corrected chi connectivity index (χ0v) is 22.5.